The number of benzene rings is 2. The van der Waals surface area contributed by atoms with Gasteiger partial charge in [-0.05, 0) is 43.0 Å². The second-order valence-corrected chi connectivity index (χ2v) is 5.42. The number of hydrogen-bond donors (Lipinski definition) is 1. The Labute approximate surface area is 132 Å². The average molecular weight is 297 g/mol. The molecule has 0 saturated heterocycles. The van der Waals surface area contributed by atoms with Crippen molar-refractivity contribution in [3.8, 4) is 5.75 Å². The lowest BCUT2D eigenvalue weighted by Crippen LogP contribution is -2.37. The van der Waals surface area contributed by atoms with Crippen molar-refractivity contribution >= 4 is 5.91 Å². The highest BCUT2D eigenvalue weighted by molar-refractivity contribution is 5.81. The minimum Gasteiger partial charge on any atom is -0.480 e. The van der Waals surface area contributed by atoms with Gasteiger partial charge in [-0.1, -0.05) is 49.4 Å². The number of hydrogen-bond acceptors (Lipinski definition) is 2. The number of carbonyl (C=O) groups excluding carboxylic acids is 1. The van der Waals surface area contributed by atoms with Crippen LogP contribution in [0.1, 0.15) is 30.0 Å². The molecule has 1 N–H and O–H groups in total. The molecule has 3 nitrogen and oxygen atoms in total. The van der Waals surface area contributed by atoms with Crippen molar-refractivity contribution in [3.05, 3.63) is 65.2 Å². The average Bonchev–Trinajstić information content (AvgIpc) is 2.55. The maximum Gasteiger partial charge on any atom is 0.261 e. The standard InChI is InChI=1S/C19H23NO2/c1-4-17(22-18-12-8-9-14(2)15(18)3)19(21)20-13-16-10-6-5-7-11-16/h5-12,17H,4,13H2,1-3H3,(H,20,21)/t17-/m1/s1. The molecule has 0 aliphatic carbocycles. The zero-order valence-corrected chi connectivity index (χ0v) is 13.4. The van der Waals surface area contributed by atoms with Crippen LogP contribution in [-0.2, 0) is 11.3 Å². The summed E-state index contributed by atoms with van der Waals surface area (Å²) in [5.74, 6) is 0.703. The minimum absolute atomic E-state index is 0.0766. The zero-order chi connectivity index (χ0) is 15.9. The summed E-state index contributed by atoms with van der Waals surface area (Å²) in [6, 6.07) is 15.8. The summed E-state index contributed by atoms with van der Waals surface area (Å²) in [4.78, 5) is 12.3. The summed E-state index contributed by atoms with van der Waals surface area (Å²) in [6.45, 7) is 6.53. The van der Waals surface area contributed by atoms with E-state index in [1.54, 1.807) is 0 Å². The first kappa shape index (κ1) is 16.1. The predicted molar refractivity (Wildman–Crippen MR) is 88.9 cm³/mol. The molecule has 2 aromatic carbocycles. The number of amides is 1. The number of ether oxygens (including phenoxy) is 1. The molecule has 0 fully saturated rings. The van der Waals surface area contributed by atoms with Crippen LogP contribution in [0.4, 0.5) is 0 Å². The van der Waals surface area contributed by atoms with Gasteiger partial charge in [0.15, 0.2) is 6.10 Å². The van der Waals surface area contributed by atoms with Crippen molar-refractivity contribution in [1.29, 1.82) is 0 Å². The Morgan fingerprint density at radius 1 is 1.09 bits per heavy atom. The third kappa shape index (κ3) is 4.10. The molecule has 116 valence electrons. The predicted octanol–water partition coefficient (Wildman–Crippen LogP) is 3.78. The first-order valence-corrected chi connectivity index (χ1v) is 7.66. The number of carbonyl (C=O) groups is 1. The van der Waals surface area contributed by atoms with Crippen LogP contribution < -0.4 is 10.1 Å². The zero-order valence-electron chi connectivity index (χ0n) is 13.4. The molecule has 0 heterocycles. The van der Waals surface area contributed by atoms with Gasteiger partial charge in [0.25, 0.3) is 5.91 Å². The maximum atomic E-state index is 12.3. The van der Waals surface area contributed by atoms with Gasteiger partial charge in [-0.15, -0.1) is 0 Å². The van der Waals surface area contributed by atoms with Crippen molar-refractivity contribution in [2.75, 3.05) is 0 Å². The maximum absolute atomic E-state index is 12.3. The van der Waals surface area contributed by atoms with Crippen molar-refractivity contribution < 1.29 is 9.53 Å². The first-order valence-electron chi connectivity index (χ1n) is 7.66. The molecule has 0 unspecified atom stereocenters. The molecule has 0 radical (unpaired) electrons. The monoisotopic (exact) mass is 297 g/mol. The van der Waals surface area contributed by atoms with E-state index in [4.69, 9.17) is 4.74 Å². The van der Waals surface area contributed by atoms with E-state index in [0.717, 1.165) is 22.4 Å². The van der Waals surface area contributed by atoms with E-state index in [-0.39, 0.29) is 5.91 Å². The third-order valence-corrected chi connectivity index (χ3v) is 3.80. The molecule has 0 aliphatic heterocycles. The van der Waals surface area contributed by atoms with Gasteiger partial charge in [0.2, 0.25) is 0 Å². The molecular formula is C19H23NO2. The van der Waals surface area contributed by atoms with Gasteiger partial charge < -0.3 is 10.1 Å². The fourth-order valence-electron chi connectivity index (χ4n) is 2.23. The number of aryl methyl sites for hydroxylation is 1. The van der Waals surface area contributed by atoms with Crippen LogP contribution in [0.15, 0.2) is 48.5 Å². The van der Waals surface area contributed by atoms with Crippen LogP contribution in [0.25, 0.3) is 0 Å². The lowest BCUT2D eigenvalue weighted by molar-refractivity contribution is -0.128. The topological polar surface area (TPSA) is 38.3 Å². The Morgan fingerprint density at radius 2 is 1.82 bits per heavy atom. The Morgan fingerprint density at radius 3 is 2.50 bits per heavy atom. The van der Waals surface area contributed by atoms with Crippen molar-refractivity contribution in [3.63, 3.8) is 0 Å². The molecule has 0 bridgehead atoms. The highest BCUT2D eigenvalue weighted by Crippen LogP contribution is 2.22. The minimum atomic E-state index is -0.468. The molecule has 0 aromatic heterocycles. The molecule has 1 amide bonds. The summed E-state index contributed by atoms with van der Waals surface area (Å²) in [5.41, 5.74) is 3.33. The molecule has 2 rings (SSSR count). The van der Waals surface area contributed by atoms with Gasteiger partial charge in [0.1, 0.15) is 5.75 Å². The Hall–Kier alpha value is -2.29. The summed E-state index contributed by atoms with van der Waals surface area (Å²) in [6.07, 6.45) is 0.165. The van der Waals surface area contributed by atoms with Gasteiger partial charge in [0.05, 0.1) is 0 Å². The normalized spacial score (nSPS) is 11.8. The molecule has 0 aliphatic rings. The summed E-state index contributed by atoms with van der Waals surface area (Å²) in [7, 11) is 0. The third-order valence-electron chi connectivity index (χ3n) is 3.80. The van der Waals surface area contributed by atoms with Crippen LogP contribution in [0, 0.1) is 13.8 Å². The summed E-state index contributed by atoms with van der Waals surface area (Å²) in [5, 5.41) is 2.94. The Kier molecular flexibility index (Phi) is 5.59. The Bertz CT molecular complexity index is 623. The molecule has 1 atom stereocenters. The van der Waals surface area contributed by atoms with E-state index in [9.17, 15) is 4.79 Å². The molecule has 0 spiro atoms. The van der Waals surface area contributed by atoms with Gasteiger partial charge >= 0.3 is 0 Å². The number of nitrogens with one attached hydrogen (secondary N) is 1. The molecule has 22 heavy (non-hydrogen) atoms. The van der Waals surface area contributed by atoms with Gasteiger partial charge in [0, 0.05) is 6.54 Å². The second-order valence-electron chi connectivity index (χ2n) is 5.42. The van der Waals surface area contributed by atoms with Crippen molar-refractivity contribution in [2.24, 2.45) is 0 Å². The van der Waals surface area contributed by atoms with Gasteiger partial charge in [-0.2, -0.15) is 0 Å². The SMILES string of the molecule is CC[C@@H](Oc1cccc(C)c1C)C(=O)NCc1ccccc1. The van der Waals surface area contributed by atoms with E-state index in [0.29, 0.717) is 13.0 Å². The number of rotatable bonds is 6. The van der Waals surface area contributed by atoms with Crippen LogP contribution in [0.2, 0.25) is 0 Å². The van der Waals surface area contributed by atoms with Crippen LogP contribution in [0.5, 0.6) is 5.75 Å². The lowest BCUT2D eigenvalue weighted by atomic mass is 10.1. The first-order chi connectivity index (χ1) is 10.6. The van der Waals surface area contributed by atoms with E-state index < -0.39 is 6.10 Å². The smallest absolute Gasteiger partial charge is 0.261 e. The highest BCUT2D eigenvalue weighted by Gasteiger charge is 2.19. The molecular weight excluding hydrogens is 274 g/mol. The lowest BCUT2D eigenvalue weighted by Gasteiger charge is -2.19. The largest absolute Gasteiger partial charge is 0.480 e. The van der Waals surface area contributed by atoms with E-state index >= 15 is 0 Å². The summed E-state index contributed by atoms with van der Waals surface area (Å²) < 4.78 is 5.91. The van der Waals surface area contributed by atoms with E-state index in [2.05, 4.69) is 5.32 Å². The van der Waals surface area contributed by atoms with Crippen LogP contribution in [0.3, 0.4) is 0 Å². The Balaban J connectivity index is 1.98. The quantitative estimate of drug-likeness (QED) is 0.881. The molecule has 0 saturated carbocycles. The van der Waals surface area contributed by atoms with Gasteiger partial charge in [-0.3, -0.25) is 4.79 Å². The van der Waals surface area contributed by atoms with E-state index in [1.165, 1.54) is 0 Å². The van der Waals surface area contributed by atoms with Crippen LogP contribution >= 0.6 is 0 Å². The van der Waals surface area contributed by atoms with E-state index in [1.807, 2.05) is 69.3 Å². The molecule has 2 aromatic rings. The fourth-order valence-corrected chi connectivity index (χ4v) is 2.23. The fraction of sp³-hybridized carbons (Fsp3) is 0.316. The second kappa shape index (κ2) is 7.64. The van der Waals surface area contributed by atoms with Crippen molar-refractivity contribution in [2.45, 2.75) is 39.8 Å². The molecule has 3 heteroatoms. The van der Waals surface area contributed by atoms with Crippen molar-refractivity contribution in [1.82, 2.24) is 5.32 Å². The highest BCUT2D eigenvalue weighted by atomic mass is 16.5. The van der Waals surface area contributed by atoms with Crippen LogP contribution in [-0.4, -0.2) is 12.0 Å². The van der Waals surface area contributed by atoms with Gasteiger partial charge in [-0.25, -0.2) is 0 Å². The summed E-state index contributed by atoms with van der Waals surface area (Å²) >= 11 is 0.